The van der Waals surface area contributed by atoms with Crippen LogP contribution in [-0.2, 0) is 14.3 Å². The Balaban J connectivity index is 4.84. The van der Waals surface area contributed by atoms with Crippen LogP contribution in [0, 0.1) is 11.3 Å². The van der Waals surface area contributed by atoms with Gasteiger partial charge in [0, 0.05) is 0 Å². The van der Waals surface area contributed by atoms with Gasteiger partial charge >= 0.3 is 5.97 Å². The molecule has 0 radical (unpaired) electrons. The summed E-state index contributed by atoms with van der Waals surface area (Å²) in [7, 11) is 0. The van der Waals surface area contributed by atoms with Crippen molar-refractivity contribution < 1.29 is 19.5 Å². The summed E-state index contributed by atoms with van der Waals surface area (Å²) in [4.78, 5) is 23.0. The lowest BCUT2D eigenvalue weighted by atomic mass is 9.81. The van der Waals surface area contributed by atoms with Gasteiger partial charge in [0.15, 0.2) is 0 Å². The second kappa shape index (κ2) is 5.70. The predicted octanol–water partition coefficient (Wildman–Crippen LogP) is 1.11. The zero-order valence-electron chi connectivity index (χ0n) is 9.66. The third kappa shape index (κ3) is 3.51. The van der Waals surface area contributed by atoms with Crippen LogP contribution in [0.1, 0.15) is 34.1 Å². The van der Waals surface area contributed by atoms with Crippen LogP contribution < -0.4 is 5.48 Å². The van der Waals surface area contributed by atoms with E-state index in [1.807, 2.05) is 13.8 Å². The SMILES string of the molecule is CCOC(=O)[C@@](C)(CC(C)C)C(=O)NO. The largest absolute Gasteiger partial charge is 0.465 e. The molecule has 0 aromatic carbocycles. The standard InChI is InChI=1S/C10H19NO4/c1-5-15-9(13)10(4,6-7(2)3)8(12)11-14/h7,14H,5-6H2,1-4H3,(H,11,12)/t10-/m0/s1. The molecule has 0 unspecified atom stereocenters. The van der Waals surface area contributed by atoms with Crippen molar-refractivity contribution in [2.75, 3.05) is 6.61 Å². The molecule has 0 aromatic heterocycles. The maximum atomic E-state index is 11.6. The fourth-order valence-electron chi connectivity index (χ4n) is 1.50. The molecule has 0 bridgehead atoms. The summed E-state index contributed by atoms with van der Waals surface area (Å²) >= 11 is 0. The van der Waals surface area contributed by atoms with Crippen molar-refractivity contribution in [2.24, 2.45) is 11.3 Å². The van der Waals surface area contributed by atoms with Crippen molar-refractivity contribution in [3.05, 3.63) is 0 Å². The summed E-state index contributed by atoms with van der Waals surface area (Å²) in [5.74, 6) is -1.18. The fourth-order valence-corrected chi connectivity index (χ4v) is 1.50. The normalized spacial score (nSPS) is 14.5. The second-order valence-electron chi connectivity index (χ2n) is 4.09. The molecule has 0 aliphatic heterocycles. The van der Waals surface area contributed by atoms with Gasteiger partial charge in [-0.3, -0.25) is 14.8 Å². The number of rotatable bonds is 5. The monoisotopic (exact) mass is 217 g/mol. The number of carbonyl (C=O) groups is 2. The number of esters is 1. The van der Waals surface area contributed by atoms with Gasteiger partial charge in [0.2, 0.25) is 0 Å². The number of hydrogen-bond donors (Lipinski definition) is 2. The van der Waals surface area contributed by atoms with Crippen LogP contribution in [0.3, 0.4) is 0 Å². The van der Waals surface area contributed by atoms with E-state index >= 15 is 0 Å². The van der Waals surface area contributed by atoms with Crippen LogP contribution in [0.2, 0.25) is 0 Å². The second-order valence-corrected chi connectivity index (χ2v) is 4.09. The zero-order chi connectivity index (χ0) is 12.1. The molecule has 0 saturated carbocycles. The lowest BCUT2D eigenvalue weighted by Crippen LogP contribution is -2.45. The minimum atomic E-state index is -1.32. The maximum absolute atomic E-state index is 11.6. The summed E-state index contributed by atoms with van der Waals surface area (Å²) < 4.78 is 4.82. The van der Waals surface area contributed by atoms with Gasteiger partial charge < -0.3 is 4.74 Å². The Morgan fingerprint density at radius 2 is 2.00 bits per heavy atom. The maximum Gasteiger partial charge on any atom is 0.321 e. The summed E-state index contributed by atoms with van der Waals surface area (Å²) in [5, 5.41) is 8.59. The van der Waals surface area contributed by atoms with Gasteiger partial charge in [-0.2, -0.15) is 0 Å². The van der Waals surface area contributed by atoms with Gasteiger partial charge in [0.25, 0.3) is 5.91 Å². The van der Waals surface area contributed by atoms with Crippen molar-refractivity contribution in [3.8, 4) is 0 Å². The first-order chi connectivity index (χ1) is 6.88. The third-order valence-corrected chi connectivity index (χ3v) is 2.15. The number of hydroxylamine groups is 1. The minimum absolute atomic E-state index is 0.150. The summed E-state index contributed by atoms with van der Waals surface area (Å²) in [5.41, 5.74) is 0.190. The number of nitrogens with one attached hydrogen (secondary N) is 1. The Hall–Kier alpha value is -1.10. The molecule has 1 atom stereocenters. The molecule has 0 spiro atoms. The van der Waals surface area contributed by atoms with Gasteiger partial charge in [-0.15, -0.1) is 0 Å². The van der Waals surface area contributed by atoms with Crippen LogP contribution in [-0.4, -0.2) is 23.7 Å². The van der Waals surface area contributed by atoms with Crippen molar-refractivity contribution in [1.82, 2.24) is 5.48 Å². The van der Waals surface area contributed by atoms with Gasteiger partial charge in [0.05, 0.1) is 6.61 Å². The molecule has 0 heterocycles. The van der Waals surface area contributed by atoms with E-state index in [1.165, 1.54) is 12.4 Å². The lowest BCUT2D eigenvalue weighted by Gasteiger charge is -2.26. The van der Waals surface area contributed by atoms with Crippen LogP contribution in [0.4, 0.5) is 0 Å². The van der Waals surface area contributed by atoms with Gasteiger partial charge in [-0.05, 0) is 26.2 Å². The van der Waals surface area contributed by atoms with Gasteiger partial charge in [-0.25, -0.2) is 5.48 Å². The smallest absolute Gasteiger partial charge is 0.321 e. The van der Waals surface area contributed by atoms with Crippen molar-refractivity contribution in [3.63, 3.8) is 0 Å². The summed E-state index contributed by atoms with van der Waals surface area (Å²) in [6.07, 6.45) is 0.332. The van der Waals surface area contributed by atoms with Crippen molar-refractivity contribution in [2.45, 2.75) is 34.1 Å². The van der Waals surface area contributed by atoms with Crippen molar-refractivity contribution >= 4 is 11.9 Å². The molecule has 0 aliphatic rings. The molecule has 0 aromatic rings. The highest BCUT2D eigenvalue weighted by Gasteiger charge is 2.43. The highest BCUT2D eigenvalue weighted by molar-refractivity contribution is 6.01. The van der Waals surface area contributed by atoms with E-state index in [2.05, 4.69) is 0 Å². The highest BCUT2D eigenvalue weighted by Crippen LogP contribution is 2.28. The van der Waals surface area contributed by atoms with Crippen LogP contribution in [0.5, 0.6) is 0 Å². The quantitative estimate of drug-likeness (QED) is 0.313. The van der Waals surface area contributed by atoms with E-state index in [0.29, 0.717) is 6.42 Å². The minimum Gasteiger partial charge on any atom is -0.465 e. The average Bonchev–Trinajstić information content (AvgIpc) is 2.15. The first-order valence-corrected chi connectivity index (χ1v) is 5.00. The fraction of sp³-hybridized carbons (Fsp3) is 0.800. The van der Waals surface area contributed by atoms with E-state index < -0.39 is 17.3 Å². The van der Waals surface area contributed by atoms with Crippen LogP contribution >= 0.6 is 0 Å². The number of carbonyl (C=O) groups excluding carboxylic acids is 2. The van der Waals surface area contributed by atoms with Gasteiger partial charge in [-0.1, -0.05) is 13.8 Å². The molecule has 0 aliphatic carbocycles. The number of hydrogen-bond acceptors (Lipinski definition) is 4. The molecular weight excluding hydrogens is 198 g/mol. The zero-order valence-corrected chi connectivity index (χ0v) is 9.66. The molecule has 0 rings (SSSR count). The summed E-state index contributed by atoms with van der Waals surface area (Å²) in [6, 6.07) is 0. The molecule has 15 heavy (non-hydrogen) atoms. The van der Waals surface area contributed by atoms with Gasteiger partial charge in [0.1, 0.15) is 5.41 Å². The highest BCUT2D eigenvalue weighted by atomic mass is 16.5. The molecule has 1 amide bonds. The molecule has 0 fully saturated rings. The van der Waals surface area contributed by atoms with E-state index in [-0.39, 0.29) is 12.5 Å². The molecular formula is C10H19NO4. The molecule has 2 N–H and O–H groups in total. The topological polar surface area (TPSA) is 75.6 Å². The average molecular weight is 217 g/mol. The van der Waals surface area contributed by atoms with Crippen molar-refractivity contribution in [1.29, 1.82) is 0 Å². The van der Waals surface area contributed by atoms with Crippen LogP contribution in [0.15, 0.2) is 0 Å². The first kappa shape index (κ1) is 13.9. The third-order valence-electron chi connectivity index (χ3n) is 2.15. The Bertz CT molecular complexity index is 240. The Labute approximate surface area is 89.8 Å². The molecule has 0 saturated heterocycles. The Kier molecular flexibility index (Phi) is 5.28. The Morgan fingerprint density at radius 1 is 1.47 bits per heavy atom. The first-order valence-electron chi connectivity index (χ1n) is 5.00. The number of amides is 1. The Morgan fingerprint density at radius 3 is 2.33 bits per heavy atom. The summed E-state index contributed by atoms with van der Waals surface area (Å²) in [6.45, 7) is 7.14. The number of ether oxygens (including phenoxy) is 1. The lowest BCUT2D eigenvalue weighted by molar-refractivity contribution is -0.164. The van der Waals surface area contributed by atoms with E-state index in [0.717, 1.165) is 0 Å². The van der Waals surface area contributed by atoms with E-state index in [9.17, 15) is 9.59 Å². The molecule has 88 valence electrons. The predicted molar refractivity (Wildman–Crippen MR) is 54.1 cm³/mol. The van der Waals surface area contributed by atoms with E-state index in [1.54, 1.807) is 6.92 Å². The van der Waals surface area contributed by atoms with E-state index in [4.69, 9.17) is 9.94 Å². The molecule has 5 heteroatoms. The van der Waals surface area contributed by atoms with Crippen LogP contribution in [0.25, 0.3) is 0 Å². The molecule has 5 nitrogen and oxygen atoms in total.